The molecule has 0 aliphatic carbocycles. The quantitative estimate of drug-likeness (QED) is 0.868. The summed E-state index contributed by atoms with van der Waals surface area (Å²) in [6, 6.07) is 4.51. The molecule has 0 fully saturated rings. The number of carboxylic acids is 1. The second-order valence-electron chi connectivity index (χ2n) is 4.03. The molecular formula is C13H14N2O3. The van der Waals surface area contributed by atoms with E-state index in [0.29, 0.717) is 0 Å². The van der Waals surface area contributed by atoms with Crippen LogP contribution in [0.5, 0.6) is 5.75 Å². The van der Waals surface area contributed by atoms with Gasteiger partial charge in [0, 0.05) is 18.3 Å². The van der Waals surface area contributed by atoms with Gasteiger partial charge in [0.2, 0.25) is 0 Å². The Labute approximate surface area is 104 Å². The van der Waals surface area contributed by atoms with Crippen molar-refractivity contribution in [2.24, 2.45) is 0 Å². The minimum atomic E-state index is -1.14. The molecule has 0 aliphatic heterocycles. The summed E-state index contributed by atoms with van der Waals surface area (Å²) in [7, 11) is 0. The van der Waals surface area contributed by atoms with Crippen LogP contribution < -0.4 is 0 Å². The van der Waals surface area contributed by atoms with Crippen molar-refractivity contribution >= 4 is 5.97 Å². The van der Waals surface area contributed by atoms with E-state index in [4.69, 9.17) is 5.11 Å². The maximum Gasteiger partial charge on any atom is 0.339 e. The molecule has 0 amide bonds. The van der Waals surface area contributed by atoms with Crippen LogP contribution in [0.15, 0.2) is 30.6 Å². The Morgan fingerprint density at radius 2 is 2.17 bits per heavy atom. The molecule has 2 N–H and O–H groups in total. The van der Waals surface area contributed by atoms with Crippen LogP contribution in [-0.2, 0) is 6.54 Å². The molecule has 1 heterocycles. The van der Waals surface area contributed by atoms with Crippen molar-refractivity contribution in [3.05, 3.63) is 36.2 Å². The first-order valence-electron chi connectivity index (χ1n) is 5.71. The van der Waals surface area contributed by atoms with E-state index in [1.54, 1.807) is 12.3 Å². The Morgan fingerprint density at radius 1 is 1.39 bits per heavy atom. The van der Waals surface area contributed by atoms with Gasteiger partial charge < -0.3 is 10.2 Å². The van der Waals surface area contributed by atoms with Gasteiger partial charge in [-0.25, -0.2) is 4.79 Å². The van der Waals surface area contributed by atoms with E-state index >= 15 is 0 Å². The van der Waals surface area contributed by atoms with Crippen LogP contribution in [0.25, 0.3) is 11.1 Å². The van der Waals surface area contributed by atoms with Crippen molar-refractivity contribution in [2.75, 3.05) is 0 Å². The van der Waals surface area contributed by atoms with E-state index in [-0.39, 0.29) is 11.3 Å². The zero-order chi connectivity index (χ0) is 13.1. The number of nitrogens with zero attached hydrogens (tertiary/aromatic N) is 2. The molecule has 0 radical (unpaired) electrons. The van der Waals surface area contributed by atoms with Gasteiger partial charge in [0.15, 0.2) is 0 Å². The third kappa shape index (κ3) is 2.34. The fraction of sp³-hybridized carbons (Fsp3) is 0.231. The molecule has 0 saturated heterocycles. The lowest BCUT2D eigenvalue weighted by Gasteiger charge is -2.02. The van der Waals surface area contributed by atoms with Crippen molar-refractivity contribution in [3.8, 4) is 16.9 Å². The lowest BCUT2D eigenvalue weighted by atomic mass is 10.1. The molecule has 94 valence electrons. The molecule has 2 rings (SSSR count). The van der Waals surface area contributed by atoms with Crippen molar-refractivity contribution in [3.63, 3.8) is 0 Å². The number of carbonyl (C=O) groups is 1. The van der Waals surface area contributed by atoms with Gasteiger partial charge in [0.1, 0.15) is 11.3 Å². The largest absolute Gasteiger partial charge is 0.507 e. The summed E-state index contributed by atoms with van der Waals surface area (Å²) in [5.74, 6) is -1.37. The summed E-state index contributed by atoms with van der Waals surface area (Å²) < 4.78 is 1.81. The lowest BCUT2D eigenvalue weighted by Crippen LogP contribution is -1.97. The summed E-state index contributed by atoms with van der Waals surface area (Å²) in [5, 5.41) is 22.6. The van der Waals surface area contributed by atoms with E-state index in [1.165, 1.54) is 12.1 Å². The van der Waals surface area contributed by atoms with Crippen molar-refractivity contribution in [1.29, 1.82) is 0 Å². The molecule has 0 aliphatic rings. The third-order valence-electron chi connectivity index (χ3n) is 2.65. The van der Waals surface area contributed by atoms with Gasteiger partial charge in [0.25, 0.3) is 0 Å². The molecule has 0 atom stereocenters. The summed E-state index contributed by atoms with van der Waals surface area (Å²) in [5.41, 5.74) is 1.47. The third-order valence-corrected chi connectivity index (χ3v) is 2.65. The number of aromatic carboxylic acids is 1. The number of phenols is 1. The normalized spacial score (nSPS) is 10.5. The van der Waals surface area contributed by atoms with Crippen LogP contribution in [0.1, 0.15) is 23.7 Å². The molecule has 18 heavy (non-hydrogen) atoms. The Kier molecular flexibility index (Phi) is 3.32. The summed E-state index contributed by atoms with van der Waals surface area (Å²) in [4.78, 5) is 10.9. The lowest BCUT2D eigenvalue weighted by molar-refractivity contribution is 0.0694. The molecule has 1 aromatic heterocycles. The van der Waals surface area contributed by atoms with Gasteiger partial charge in [-0.2, -0.15) is 5.10 Å². The highest BCUT2D eigenvalue weighted by Crippen LogP contribution is 2.25. The number of aromatic hydroxyl groups is 1. The molecule has 2 aromatic rings. The van der Waals surface area contributed by atoms with Crippen molar-refractivity contribution in [2.45, 2.75) is 19.9 Å². The summed E-state index contributed by atoms with van der Waals surface area (Å²) >= 11 is 0. The second kappa shape index (κ2) is 4.91. The fourth-order valence-electron chi connectivity index (χ4n) is 1.75. The monoisotopic (exact) mass is 246 g/mol. The van der Waals surface area contributed by atoms with Crippen LogP contribution in [0.4, 0.5) is 0 Å². The highest BCUT2D eigenvalue weighted by Gasteiger charge is 2.11. The smallest absolute Gasteiger partial charge is 0.339 e. The molecule has 0 bridgehead atoms. The summed E-state index contributed by atoms with van der Waals surface area (Å²) in [6.07, 6.45) is 4.53. The number of rotatable bonds is 4. The van der Waals surface area contributed by atoms with E-state index in [1.807, 2.05) is 10.9 Å². The molecule has 1 aromatic carbocycles. The van der Waals surface area contributed by atoms with Crippen LogP contribution in [-0.4, -0.2) is 26.0 Å². The molecule has 0 spiro atoms. The van der Waals surface area contributed by atoms with Crippen LogP contribution in [0.3, 0.4) is 0 Å². The number of hydrogen-bond acceptors (Lipinski definition) is 3. The maximum absolute atomic E-state index is 10.9. The van der Waals surface area contributed by atoms with E-state index < -0.39 is 5.97 Å². The van der Waals surface area contributed by atoms with Crippen LogP contribution in [0, 0.1) is 0 Å². The predicted molar refractivity (Wildman–Crippen MR) is 66.6 cm³/mol. The fourth-order valence-corrected chi connectivity index (χ4v) is 1.75. The Bertz CT molecular complexity index is 575. The van der Waals surface area contributed by atoms with E-state index in [9.17, 15) is 9.90 Å². The minimum Gasteiger partial charge on any atom is -0.507 e. The Hall–Kier alpha value is -2.30. The SMILES string of the molecule is CCCn1cc(-c2ccc(O)c(C(=O)O)c2)cn1. The number of benzene rings is 1. The average molecular weight is 246 g/mol. The molecule has 0 saturated carbocycles. The minimum absolute atomic E-state index is 0.101. The Balaban J connectivity index is 2.38. The first-order chi connectivity index (χ1) is 8.61. The second-order valence-corrected chi connectivity index (χ2v) is 4.03. The van der Waals surface area contributed by atoms with Gasteiger partial charge in [-0.1, -0.05) is 13.0 Å². The first-order valence-corrected chi connectivity index (χ1v) is 5.71. The molecule has 5 heteroatoms. The van der Waals surface area contributed by atoms with E-state index in [2.05, 4.69) is 12.0 Å². The Morgan fingerprint density at radius 3 is 2.83 bits per heavy atom. The number of aryl methyl sites for hydroxylation is 1. The highest BCUT2D eigenvalue weighted by atomic mass is 16.4. The highest BCUT2D eigenvalue weighted by molar-refractivity contribution is 5.92. The van der Waals surface area contributed by atoms with Crippen molar-refractivity contribution in [1.82, 2.24) is 9.78 Å². The summed E-state index contributed by atoms with van der Waals surface area (Å²) in [6.45, 7) is 2.88. The number of carboxylic acid groups (broad SMARTS) is 1. The number of aromatic nitrogens is 2. The van der Waals surface area contributed by atoms with E-state index in [0.717, 1.165) is 24.1 Å². The van der Waals surface area contributed by atoms with Gasteiger partial charge in [-0.3, -0.25) is 4.68 Å². The first kappa shape index (κ1) is 12.2. The topological polar surface area (TPSA) is 75.4 Å². The van der Waals surface area contributed by atoms with Gasteiger partial charge in [-0.05, 0) is 24.1 Å². The van der Waals surface area contributed by atoms with Crippen molar-refractivity contribution < 1.29 is 15.0 Å². The molecule has 0 unspecified atom stereocenters. The van der Waals surface area contributed by atoms with Gasteiger partial charge in [-0.15, -0.1) is 0 Å². The van der Waals surface area contributed by atoms with Crippen LogP contribution in [0.2, 0.25) is 0 Å². The average Bonchev–Trinajstić information content (AvgIpc) is 2.78. The zero-order valence-electron chi connectivity index (χ0n) is 10.00. The van der Waals surface area contributed by atoms with Gasteiger partial charge in [0.05, 0.1) is 6.20 Å². The predicted octanol–water partition coefficient (Wildman–Crippen LogP) is 2.36. The van der Waals surface area contributed by atoms with Gasteiger partial charge >= 0.3 is 5.97 Å². The molecule has 5 nitrogen and oxygen atoms in total. The molecular weight excluding hydrogens is 232 g/mol. The number of hydrogen-bond donors (Lipinski definition) is 2. The standard InChI is InChI=1S/C13H14N2O3/c1-2-5-15-8-10(7-14-15)9-3-4-12(16)11(6-9)13(17)18/h3-4,6-8,16H,2,5H2,1H3,(H,17,18). The van der Waals surface area contributed by atoms with Crippen LogP contribution >= 0.6 is 0 Å². The maximum atomic E-state index is 10.9. The zero-order valence-corrected chi connectivity index (χ0v) is 10.00.